The number of methoxy groups -OCH3 is 1. The van der Waals surface area contributed by atoms with Crippen molar-refractivity contribution in [3.8, 4) is 5.75 Å². The fourth-order valence-electron chi connectivity index (χ4n) is 6.52. The van der Waals surface area contributed by atoms with E-state index in [1.54, 1.807) is 0 Å². The number of hydrogen-bond donors (Lipinski definition) is 1. The molecule has 1 N–H and O–H groups in total. The highest BCUT2D eigenvalue weighted by Crippen LogP contribution is 2.54. The number of fused-ring (bicyclic) bond motifs is 2. The van der Waals surface area contributed by atoms with Crippen molar-refractivity contribution in [1.29, 1.82) is 0 Å². The first-order chi connectivity index (χ1) is 22.0. The van der Waals surface area contributed by atoms with Gasteiger partial charge in [0.25, 0.3) is 5.91 Å². The second-order valence-corrected chi connectivity index (χ2v) is 12.7. The zero-order chi connectivity index (χ0) is 34.4. The summed E-state index contributed by atoms with van der Waals surface area (Å²) >= 11 is 0. The van der Waals surface area contributed by atoms with Gasteiger partial charge in [-0.2, -0.15) is 13.2 Å². The predicted octanol–water partition coefficient (Wildman–Crippen LogP) is 7.58. The Balaban J connectivity index is 1.63. The highest BCUT2D eigenvalue weighted by Gasteiger charge is 2.56. The van der Waals surface area contributed by atoms with Crippen LogP contribution in [0, 0.1) is 40.6 Å². The number of halogens is 6. The number of carbonyl (C=O) groups excluding carboxylic acids is 3. The maximum Gasteiger partial charge on any atom is 0.419 e. The molecule has 2 aliphatic carbocycles. The lowest BCUT2D eigenvalue weighted by Gasteiger charge is -2.36. The molecule has 0 aromatic heterocycles. The first kappa shape index (κ1) is 33.7. The number of rotatable bonds is 6. The summed E-state index contributed by atoms with van der Waals surface area (Å²) in [6.07, 6.45) is -2.25. The third-order valence-corrected chi connectivity index (χ3v) is 8.68. The maximum atomic E-state index is 14.6. The summed E-state index contributed by atoms with van der Waals surface area (Å²) in [6, 6.07) is 11.4. The minimum atomic E-state index is -5.11. The Kier molecular flexibility index (Phi) is 9.00. The Hall–Kier alpha value is -4.61. The average molecular weight is 659 g/mol. The van der Waals surface area contributed by atoms with Gasteiger partial charge in [-0.05, 0) is 48.6 Å². The summed E-state index contributed by atoms with van der Waals surface area (Å²) in [5, 5.41) is 2.78. The molecule has 2 aliphatic rings. The smallest absolute Gasteiger partial charge is 0.419 e. The first-order valence-corrected chi connectivity index (χ1v) is 14.9. The van der Waals surface area contributed by atoms with E-state index in [1.165, 1.54) is 27.9 Å². The van der Waals surface area contributed by atoms with Crippen molar-refractivity contribution in [2.24, 2.45) is 23.2 Å². The summed E-state index contributed by atoms with van der Waals surface area (Å²) < 4.78 is 88.8. The van der Waals surface area contributed by atoms with Crippen molar-refractivity contribution >= 4 is 29.5 Å². The molecule has 2 fully saturated rings. The van der Waals surface area contributed by atoms with E-state index < -0.39 is 81.8 Å². The highest BCUT2D eigenvalue weighted by molar-refractivity contribution is 6.17. The van der Waals surface area contributed by atoms with Crippen molar-refractivity contribution in [3.05, 3.63) is 100 Å². The van der Waals surface area contributed by atoms with Gasteiger partial charge < -0.3 is 10.1 Å². The molecule has 2 saturated carbocycles. The van der Waals surface area contributed by atoms with Gasteiger partial charge in [-0.15, -0.1) is 0 Å². The van der Waals surface area contributed by atoms with Gasteiger partial charge in [-0.1, -0.05) is 62.8 Å². The number of hydrogen-bond acceptors (Lipinski definition) is 4. The van der Waals surface area contributed by atoms with Crippen molar-refractivity contribution in [2.75, 3.05) is 12.0 Å². The predicted molar refractivity (Wildman–Crippen MR) is 162 cm³/mol. The Labute approximate surface area is 267 Å². The van der Waals surface area contributed by atoms with Crippen LogP contribution in [-0.4, -0.2) is 30.9 Å². The molecule has 2 unspecified atom stereocenters. The summed E-state index contributed by atoms with van der Waals surface area (Å²) in [7, 11) is 1.17. The largest absolute Gasteiger partial charge is 0.496 e. The van der Waals surface area contributed by atoms with Gasteiger partial charge in [0, 0.05) is 23.4 Å². The SMILES string of the molecule is COc1cc(F)c(F)cc1C(=O)N[C@@H]1C2CCC(C2=Cc2ccccc2)[C@@H]1C(=O)N(C(=O)C(C)(C)C)c1ccc(F)c(C(F)(F)F)c1. The van der Waals surface area contributed by atoms with E-state index in [2.05, 4.69) is 5.32 Å². The highest BCUT2D eigenvalue weighted by atomic mass is 19.4. The Bertz CT molecular complexity index is 1750. The van der Waals surface area contributed by atoms with Gasteiger partial charge in [0.1, 0.15) is 11.6 Å². The standard InChI is InChI=1S/C35H32F6N2O4/c1-34(2,3)33(46)43(19-10-13-25(36)24(15-19)35(39,40)41)32(45)29-20-11-12-21(22(20)14-18-8-6-5-7-9-18)30(29)42-31(44)23-16-26(37)27(38)17-28(23)47-4/h5-10,13-17,20-21,29-30H,11-12H2,1-4H3,(H,42,44)/t20?,21?,29-,30+/m0/s1. The van der Waals surface area contributed by atoms with E-state index in [-0.39, 0.29) is 11.3 Å². The van der Waals surface area contributed by atoms with Gasteiger partial charge in [0.15, 0.2) is 11.6 Å². The molecule has 0 radical (unpaired) electrons. The monoisotopic (exact) mass is 658 g/mol. The Morgan fingerprint density at radius 2 is 1.51 bits per heavy atom. The number of benzene rings is 3. The summed E-state index contributed by atoms with van der Waals surface area (Å²) in [4.78, 5) is 42.7. The molecule has 0 heterocycles. The topological polar surface area (TPSA) is 75.7 Å². The molecule has 3 aromatic carbocycles. The molecule has 2 bridgehead atoms. The third kappa shape index (κ3) is 6.50. The number of alkyl halides is 3. The molecule has 0 aliphatic heterocycles. The van der Waals surface area contributed by atoms with E-state index in [1.807, 2.05) is 36.4 Å². The minimum Gasteiger partial charge on any atom is -0.496 e. The number of amides is 3. The third-order valence-electron chi connectivity index (χ3n) is 8.68. The zero-order valence-corrected chi connectivity index (χ0v) is 25.9. The average Bonchev–Trinajstić information content (AvgIpc) is 3.52. The molecule has 3 amide bonds. The van der Waals surface area contributed by atoms with Crippen LogP contribution in [0.15, 0.2) is 66.2 Å². The fourth-order valence-corrected chi connectivity index (χ4v) is 6.52. The molecule has 12 heteroatoms. The lowest BCUT2D eigenvalue weighted by atomic mass is 9.82. The van der Waals surface area contributed by atoms with E-state index >= 15 is 0 Å². The molecular formula is C35H32F6N2O4. The zero-order valence-electron chi connectivity index (χ0n) is 25.9. The van der Waals surface area contributed by atoms with Gasteiger partial charge in [0.05, 0.1) is 29.8 Å². The maximum absolute atomic E-state index is 14.6. The minimum absolute atomic E-state index is 0.261. The summed E-state index contributed by atoms with van der Waals surface area (Å²) in [5.74, 6) is -9.14. The van der Waals surface area contributed by atoms with Crippen molar-refractivity contribution in [3.63, 3.8) is 0 Å². The fraction of sp³-hybridized carbons (Fsp3) is 0.343. The second kappa shape index (κ2) is 12.5. The molecule has 248 valence electrons. The molecule has 6 nitrogen and oxygen atoms in total. The van der Waals surface area contributed by atoms with Gasteiger partial charge >= 0.3 is 6.18 Å². The van der Waals surface area contributed by atoms with Crippen LogP contribution < -0.4 is 15.0 Å². The summed E-state index contributed by atoms with van der Waals surface area (Å²) in [6.45, 7) is 4.46. The second-order valence-electron chi connectivity index (χ2n) is 12.7. The number of ether oxygens (including phenoxy) is 1. The molecule has 3 aromatic rings. The normalized spacial score (nSPS) is 21.5. The van der Waals surface area contributed by atoms with Crippen molar-refractivity contribution in [2.45, 2.75) is 45.8 Å². The van der Waals surface area contributed by atoms with Crippen LogP contribution in [-0.2, 0) is 15.8 Å². The van der Waals surface area contributed by atoms with E-state index in [9.17, 15) is 40.7 Å². The van der Waals surface area contributed by atoms with Gasteiger partial charge in [0.2, 0.25) is 11.8 Å². The number of anilines is 1. The number of nitrogens with zero attached hydrogens (tertiary/aromatic N) is 1. The quantitative estimate of drug-likeness (QED) is 0.277. The first-order valence-electron chi connectivity index (χ1n) is 14.9. The van der Waals surface area contributed by atoms with E-state index in [0.717, 1.165) is 17.2 Å². The van der Waals surface area contributed by atoms with Crippen molar-refractivity contribution in [1.82, 2.24) is 5.32 Å². The molecule has 0 saturated heterocycles. The lowest BCUT2D eigenvalue weighted by Crippen LogP contribution is -2.54. The molecule has 5 rings (SSSR count). The van der Waals surface area contributed by atoms with Crippen LogP contribution >= 0.6 is 0 Å². The van der Waals surface area contributed by atoms with Crippen LogP contribution in [0.4, 0.5) is 32.0 Å². The van der Waals surface area contributed by atoms with Gasteiger partial charge in [-0.3, -0.25) is 14.4 Å². The van der Waals surface area contributed by atoms with Crippen LogP contribution in [0.2, 0.25) is 0 Å². The van der Waals surface area contributed by atoms with Gasteiger partial charge in [-0.25, -0.2) is 18.1 Å². The number of imide groups is 1. The Morgan fingerprint density at radius 1 is 0.872 bits per heavy atom. The molecule has 0 spiro atoms. The Morgan fingerprint density at radius 3 is 2.13 bits per heavy atom. The van der Waals surface area contributed by atoms with E-state index in [4.69, 9.17) is 4.74 Å². The number of carbonyl (C=O) groups is 3. The molecular weight excluding hydrogens is 626 g/mol. The van der Waals surface area contributed by atoms with E-state index in [0.29, 0.717) is 42.0 Å². The summed E-state index contributed by atoms with van der Waals surface area (Å²) in [5.41, 5.74) is -2.15. The van der Waals surface area contributed by atoms with Crippen LogP contribution in [0.5, 0.6) is 5.75 Å². The van der Waals surface area contributed by atoms with Crippen LogP contribution in [0.3, 0.4) is 0 Å². The van der Waals surface area contributed by atoms with Crippen LogP contribution in [0.25, 0.3) is 6.08 Å². The van der Waals surface area contributed by atoms with Crippen molar-refractivity contribution < 1.29 is 45.5 Å². The molecule has 4 atom stereocenters. The number of nitrogens with one attached hydrogen (secondary N) is 1. The lowest BCUT2D eigenvalue weighted by molar-refractivity contribution is -0.140. The molecule has 47 heavy (non-hydrogen) atoms. The van der Waals surface area contributed by atoms with Crippen LogP contribution in [0.1, 0.15) is 55.1 Å².